The minimum absolute atomic E-state index is 0.189. The van der Waals surface area contributed by atoms with Crippen LogP contribution in [0.2, 0.25) is 0 Å². The third-order valence-electron chi connectivity index (χ3n) is 6.22. The Morgan fingerprint density at radius 2 is 2.06 bits per heavy atom. The molecule has 3 heterocycles. The number of amides is 2. The summed E-state index contributed by atoms with van der Waals surface area (Å²) in [6.45, 7) is 0.824. The highest BCUT2D eigenvalue weighted by Gasteiger charge is 2.44. The molecule has 8 nitrogen and oxygen atoms in total. The van der Waals surface area contributed by atoms with Crippen molar-refractivity contribution in [3.8, 4) is 5.75 Å². The Labute approximate surface area is 186 Å². The van der Waals surface area contributed by atoms with E-state index in [1.807, 2.05) is 30.3 Å². The highest BCUT2D eigenvalue weighted by atomic mass is 79.9. The number of para-hydroxylation sites is 1. The fourth-order valence-corrected chi connectivity index (χ4v) is 4.95. The van der Waals surface area contributed by atoms with E-state index in [4.69, 9.17) is 4.74 Å². The number of fused-ring (bicyclic) bond motifs is 2. The largest absolute Gasteiger partial charge is 0.487 e. The molecule has 5 rings (SSSR count). The number of aromatic nitrogens is 2. The van der Waals surface area contributed by atoms with E-state index in [9.17, 15) is 14.7 Å². The van der Waals surface area contributed by atoms with Crippen LogP contribution in [0.4, 0.5) is 4.79 Å². The Morgan fingerprint density at radius 1 is 1.26 bits per heavy atom. The highest BCUT2D eigenvalue weighted by molar-refractivity contribution is 9.10. The summed E-state index contributed by atoms with van der Waals surface area (Å²) >= 11 is 3.51. The van der Waals surface area contributed by atoms with Gasteiger partial charge in [-0.2, -0.15) is 5.10 Å². The van der Waals surface area contributed by atoms with Crippen molar-refractivity contribution in [2.45, 2.75) is 30.9 Å². The van der Waals surface area contributed by atoms with Gasteiger partial charge in [0.2, 0.25) is 0 Å². The van der Waals surface area contributed by atoms with Crippen molar-refractivity contribution in [2.75, 3.05) is 13.1 Å². The van der Waals surface area contributed by atoms with Crippen molar-refractivity contribution < 1.29 is 19.4 Å². The molecule has 2 aliphatic rings. The van der Waals surface area contributed by atoms with Crippen molar-refractivity contribution in [3.05, 3.63) is 58.2 Å². The first kappa shape index (κ1) is 19.9. The SMILES string of the molecule is O=C(NC1CC2(CCN(C(=O)O)CC2)Oc2ccc(Br)cc21)c1cccc2cn[nH]c12. The van der Waals surface area contributed by atoms with Crippen LogP contribution < -0.4 is 10.1 Å². The van der Waals surface area contributed by atoms with E-state index < -0.39 is 11.7 Å². The first-order valence-corrected chi connectivity index (χ1v) is 10.9. The zero-order valence-electron chi connectivity index (χ0n) is 16.6. The maximum Gasteiger partial charge on any atom is 0.407 e. The average Bonchev–Trinajstić information content (AvgIpc) is 3.23. The van der Waals surface area contributed by atoms with Gasteiger partial charge in [-0.25, -0.2) is 4.79 Å². The number of likely N-dealkylation sites (tertiary alicyclic amines) is 1. The van der Waals surface area contributed by atoms with Gasteiger partial charge in [-0.3, -0.25) is 9.89 Å². The van der Waals surface area contributed by atoms with Crippen LogP contribution >= 0.6 is 15.9 Å². The summed E-state index contributed by atoms with van der Waals surface area (Å²) in [7, 11) is 0. The molecule has 0 saturated carbocycles. The summed E-state index contributed by atoms with van der Waals surface area (Å²) in [5.41, 5.74) is 1.63. The van der Waals surface area contributed by atoms with Gasteiger partial charge in [0, 0.05) is 47.8 Å². The number of carboxylic acid groups (broad SMARTS) is 1. The lowest BCUT2D eigenvalue weighted by Gasteiger charge is -2.46. The first-order valence-electron chi connectivity index (χ1n) is 10.1. The number of nitrogens with zero attached hydrogens (tertiary/aromatic N) is 2. The molecule has 2 amide bonds. The lowest BCUT2D eigenvalue weighted by Crippen LogP contribution is -2.53. The second-order valence-corrected chi connectivity index (χ2v) is 9.02. The third-order valence-corrected chi connectivity index (χ3v) is 6.71. The summed E-state index contributed by atoms with van der Waals surface area (Å²) in [5.74, 6) is 0.536. The Balaban J connectivity index is 1.45. The van der Waals surface area contributed by atoms with Crippen molar-refractivity contribution in [1.29, 1.82) is 0 Å². The van der Waals surface area contributed by atoms with Crippen LogP contribution in [0.5, 0.6) is 5.75 Å². The summed E-state index contributed by atoms with van der Waals surface area (Å²) in [6, 6.07) is 11.0. The molecule has 0 radical (unpaired) electrons. The Bertz CT molecular complexity index is 1170. The number of nitrogens with one attached hydrogen (secondary N) is 2. The van der Waals surface area contributed by atoms with Gasteiger partial charge < -0.3 is 20.1 Å². The van der Waals surface area contributed by atoms with Gasteiger partial charge in [0.05, 0.1) is 23.3 Å². The monoisotopic (exact) mass is 484 g/mol. The molecule has 0 aliphatic carbocycles. The number of aromatic amines is 1. The van der Waals surface area contributed by atoms with E-state index in [0.29, 0.717) is 43.4 Å². The Hall–Kier alpha value is -3.07. The number of H-pyrrole nitrogens is 1. The number of carbonyl (C=O) groups is 2. The fraction of sp³-hybridized carbons (Fsp3) is 0.318. The quantitative estimate of drug-likeness (QED) is 0.507. The smallest absolute Gasteiger partial charge is 0.407 e. The molecule has 0 bridgehead atoms. The van der Waals surface area contributed by atoms with Gasteiger partial charge in [-0.15, -0.1) is 0 Å². The molecule has 3 aromatic rings. The van der Waals surface area contributed by atoms with Gasteiger partial charge in [0.1, 0.15) is 11.4 Å². The van der Waals surface area contributed by atoms with E-state index in [2.05, 4.69) is 31.4 Å². The number of benzene rings is 2. The molecule has 31 heavy (non-hydrogen) atoms. The van der Waals surface area contributed by atoms with Gasteiger partial charge >= 0.3 is 6.09 Å². The minimum atomic E-state index is -0.910. The van der Waals surface area contributed by atoms with Crippen molar-refractivity contribution in [1.82, 2.24) is 20.4 Å². The summed E-state index contributed by atoms with van der Waals surface area (Å²) < 4.78 is 7.32. The summed E-state index contributed by atoms with van der Waals surface area (Å²) in [4.78, 5) is 26.0. The number of piperidine rings is 1. The maximum atomic E-state index is 13.2. The van der Waals surface area contributed by atoms with Crippen LogP contribution in [-0.4, -0.2) is 50.9 Å². The molecular weight excluding hydrogens is 464 g/mol. The van der Waals surface area contributed by atoms with E-state index in [1.54, 1.807) is 12.3 Å². The second kappa shape index (κ2) is 7.56. The third kappa shape index (κ3) is 3.63. The number of rotatable bonds is 2. The normalized spacial score (nSPS) is 19.6. The number of ether oxygens (including phenoxy) is 1. The average molecular weight is 485 g/mol. The van der Waals surface area contributed by atoms with Gasteiger partial charge in [0.15, 0.2) is 0 Å². The number of carbonyl (C=O) groups excluding carboxylic acids is 1. The Morgan fingerprint density at radius 3 is 2.84 bits per heavy atom. The molecule has 9 heteroatoms. The predicted molar refractivity (Wildman–Crippen MR) is 117 cm³/mol. The fourth-order valence-electron chi connectivity index (χ4n) is 4.58. The topological polar surface area (TPSA) is 108 Å². The second-order valence-electron chi connectivity index (χ2n) is 8.11. The Kier molecular flexibility index (Phi) is 4.85. The number of halogens is 1. The molecular formula is C22H21BrN4O4. The van der Waals surface area contributed by atoms with Gasteiger partial charge in [-0.05, 0) is 24.3 Å². The van der Waals surface area contributed by atoms with Crippen molar-refractivity contribution >= 4 is 38.8 Å². The maximum absolute atomic E-state index is 13.2. The number of hydrogen-bond acceptors (Lipinski definition) is 4. The molecule has 1 unspecified atom stereocenters. The van der Waals surface area contributed by atoms with Crippen LogP contribution in [0.25, 0.3) is 10.9 Å². The zero-order valence-corrected chi connectivity index (χ0v) is 18.2. The zero-order chi connectivity index (χ0) is 21.6. The predicted octanol–water partition coefficient (Wildman–Crippen LogP) is 4.09. The van der Waals surface area contributed by atoms with Crippen LogP contribution in [0.1, 0.15) is 41.2 Å². The molecule has 1 saturated heterocycles. The molecule has 160 valence electrons. The molecule has 1 aromatic heterocycles. The van der Waals surface area contributed by atoms with Crippen molar-refractivity contribution in [2.24, 2.45) is 0 Å². The molecule has 1 atom stereocenters. The molecule has 1 spiro atoms. The van der Waals surface area contributed by atoms with E-state index in [-0.39, 0.29) is 11.9 Å². The highest BCUT2D eigenvalue weighted by Crippen LogP contribution is 2.45. The van der Waals surface area contributed by atoms with Gasteiger partial charge in [0.25, 0.3) is 5.91 Å². The van der Waals surface area contributed by atoms with Crippen LogP contribution in [0.3, 0.4) is 0 Å². The van der Waals surface area contributed by atoms with E-state index in [0.717, 1.165) is 21.2 Å². The lowest BCUT2D eigenvalue weighted by molar-refractivity contribution is -0.0205. The molecule has 2 aromatic carbocycles. The summed E-state index contributed by atoms with van der Waals surface area (Å²) in [6.07, 6.45) is 2.52. The molecule has 3 N–H and O–H groups in total. The van der Waals surface area contributed by atoms with Gasteiger partial charge in [-0.1, -0.05) is 28.1 Å². The number of hydrogen-bond donors (Lipinski definition) is 3. The van der Waals surface area contributed by atoms with E-state index in [1.165, 1.54) is 4.90 Å². The van der Waals surface area contributed by atoms with E-state index >= 15 is 0 Å². The summed E-state index contributed by atoms with van der Waals surface area (Å²) in [5, 5.41) is 20.3. The lowest BCUT2D eigenvalue weighted by atomic mass is 9.80. The van der Waals surface area contributed by atoms with Crippen molar-refractivity contribution in [3.63, 3.8) is 0 Å². The van der Waals surface area contributed by atoms with Crippen LogP contribution in [0.15, 0.2) is 47.1 Å². The molecule has 2 aliphatic heterocycles. The van der Waals surface area contributed by atoms with Crippen LogP contribution in [0, 0.1) is 0 Å². The standard InChI is InChI=1S/C22H21BrN4O4/c23-14-4-5-18-16(10-14)17(11-22(31-18)6-8-27(9-7-22)21(29)30)25-20(28)15-3-1-2-13-12-24-26-19(13)15/h1-5,10,12,17H,6-9,11H2,(H,24,26)(H,25,28)(H,29,30). The first-order chi connectivity index (χ1) is 14.9. The molecule has 1 fully saturated rings. The minimum Gasteiger partial charge on any atom is -0.487 e. The van der Waals surface area contributed by atoms with Crippen LogP contribution in [-0.2, 0) is 0 Å².